The summed E-state index contributed by atoms with van der Waals surface area (Å²) in [5, 5.41) is 19.5. The van der Waals surface area contributed by atoms with Crippen LogP contribution in [0.5, 0.6) is 11.5 Å². The smallest absolute Gasteiger partial charge is 0.260 e. The number of aliphatic hydroxyl groups is 1. The van der Waals surface area contributed by atoms with Crippen LogP contribution in [-0.4, -0.2) is 46.8 Å². The van der Waals surface area contributed by atoms with Gasteiger partial charge in [0.15, 0.2) is 18.1 Å². The molecule has 1 aromatic carbocycles. The summed E-state index contributed by atoms with van der Waals surface area (Å²) in [4.78, 5) is 13.6. The highest BCUT2D eigenvalue weighted by Gasteiger charge is 2.29. The molecule has 0 spiro atoms. The molecule has 0 heterocycles. The summed E-state index contributed by atoms with van der Waals surface area (Å²) < 4.78 is 5.32. The van der Waals surface area contributed by atoms with Crippen molar-refractivity contribution in [3.63, 3.8) is 0 Å². The Bertz CT molecular complexity index is 463. The van der Waals surface area contributed by atoms with E-state index in [0.29, 0.717) is 5.75 Å². The highest BCUT2D eigenvalue weighted by Crippen LogP contribution is 2.25. The Labute approximate surface area is 118 Å². The number of hydrogen-bond acceptors (Lipinski definition) is 4. The van der Waals surface area contributed by atoms with Crippen LogP contribution >= 0.6 is 0 Å². The number of para-hydroxylation sites is 2. The second-order valence-electron chi connectivity index (χ2n) is 5.18. The van der Waals surface area contributed by atoms with Crippen molar-refractivity contribution in [1.82, 2.24) is 4.90 Å². The lowest BCUT2D eigenvalue weighted by Gasteiger charge is -2.35. The van der Waals surface area contributed by atoms with Gasteiger partial charge in [0.1, 0.15) is 0 Å². The fourth-order valence-electron chi connectivity index (χ4n) is 2.55. The number of ether oxygens (including phenoxy) is 1. The van der Waals surface area contributed by atoms with E-state index in [1.54, 1.807) is 30.1 Å². The molecule has 1 aliphatic carbocycles. The zero-order valence-electron chi connectivity index (χ0n) is 11.7. The molecule has 110 valence electrons. The van der Waals surface area contributed by atoms with E-state index in [1.807, 2.05) is 0 Å². The van der Waals surface area contributed by atoms with Gasteiger partial charge in [0.05, 0.1) is 12.1 Å². The molecule has 5 nitrogen and oxygen atoms in total. The van der Waals surface area contributed by atoms with E-state index in [9.17, 15) is 15.0 Å². The fraction of sp³-hybridized carbons (Fsp3) is 0.533. The number of phenols is 1. The maximum absolute atomic E-state index is 12.1. The summed E-state index contributed by atoms with van der Waals surface area (Å²) in [6, 6.07) is 6.40. The number of phenolic OH excluding ortho intramolecular Hbond substituents is 1. The highest BCUT2D eigenvalue weighted by molar-refractivity contribution is 5.78. The Morgan fingerprint density at radius 2 is 2.05 bits per heavy atom. The van der Waals surface area contributed by atoms with Crippen LogP contribution in [0.2, 0.25) is 0 Å². The van der Waals surface area contributed by atoms with Gasteiger partial charge in [-0.2, -0.15) is 0 Å². The topological polar surface area (TPSA) is 70.0 Å². The highest BCUT2D eigenvalue weighted by atomic mass is 16.5. The second-order valence-corrected chi connectivity index (χ2v) is 5.18. The summed E-state index contributed by atoms with van der Waals surface area (Å²) in [6.07, 6.45) is 3.14. The van der Waals surface area contributed by atoms with E-state index in [1.165, 1.54) is 6.07 Å². The molecule has 0 aliphatic heterocycles. The van der Waals surface area contributed by atoms with Crippen molar-refractivity contribution in [2.75, 3.05) is 13.7 Å². The minimum atomic E-state index is -0.456. The van der Waals surface area contributed by atoms with Gasteiger partial charge < -0.3 is 19.8 Å². The Hall–Kier alpha value is -1.75. The van der Waals surface area contributed by atoms with Crippen molar-refractivity contribution >= 4 is 5.91 Å². The lowest BCUT2D eigenvalue weighted by Crippen LogP contribution is -2.47. The van der Waals surface area contributed by atoms with Gasteiger partial charge >= 0.3 is 0 Å². The first-order chi connectivity index (χ1) is 9.59. The monoisotopic (exact) mass is 279 g/mol. The van der Waals surface area contributed by atoms with E-state index < -0.39 is 6.10 Å². The predicted molar refractivity (Wildman–Crippen MR) is 74.6 cm³/mol. The van der Waals surface area contributed by atoms with E-state index in [0.717, 1.165) is 25.7 Å². The van der Waals surface area contributed by atoms with Gasteiger partial charge in [0, 0.05) is 7.05 Å². The van der Waals surface area contributed by atoms with Crippen molar-refractivity contribution in [3.8, 4) is 11.5 Å². The average Bonchev–Trinajstić information content (AvgIpc) is 2.46. The number of rotatable bonds is 4. The molecule has 1 amide bonds. The standard InChI is InChI=1S/C15H21NO4/c1-16(11-6-2-3-7-12(11)17)15(19)10-20-14-9-5-4-8-13(14)18/h4-5,8-9,11-12,17-18H,2-3,6-7,10H2,1H3. The van der Waals surface area contributed by atoms with Crippen molar-refractivity contribution in [3.05, 3.63) is 24.3 Å². The molecule has 1 aromatic rings. The predicted octanol–water partition coefficient (Wildman–Crippen LogP) is 1.53. The van der Waals surface area contributed by atoms with Crippen molar-refractivity contribution in [1.29, 1.82) is 0 Å². The molecule has 2 rings (SSSR count). The molecule has 2 N–H and O–H groups in total. The minimum Gasteiger partial charge on any atom is -0.504 e. The molecular formula is C15H21NO4. The number of hydrogen-bond donors (Lipinski definition) is 2. The van der Waals surface area contributed by atoms with Gasteiger partial charge in [0.2, 0.25) is 0 Å². The number of benzene rings is 1. The molecule has 2 unspecified atom stereocenters. The van der Waals surface area contributed by atoms with Crippen LogP contribution in [0.15, 0.2) is 24.3 Å². The van der Waals surface area contributed by atoms with Crippen LogP contribution in [0.4, 0.5) is 0 Å². The fourth-order valence-corrected chi connectivity index (χ4v) is 2.55. The average molecular weight is 279 g/mol. The Kier molecular flexibility index (Phi) is 4.84. The number of nitrogens with zero attached hydrogens (tertiary/aromatic N) is 1. The number of likely N-dealkylation sites (N-methyl/N-ethyl adjacent to an activating group) is 1. The minimum absolute atomic E-state index is 0.0145. The third kappa shape index (κ3) is 3.42. The van der Waals surface area contributed by atoms with E-state index >= 15 is 0 Å². The molecule has 2 atom stereocenters. The first-order valence-electron chi connectivity index (χ1n) is 6.94. The van der Waals surface area contributed by atoms with Gasteiger partial charge in [-0.05, 0) is 25.0 Å². The van der Waals surface area contributed by atoms with Crippen LogP contribution in [0.3, 0.4) is 0 Å². The van der Waals surface area contributed by atoms with Crippen molar-refractivity contribution < 1.29 is 19.7 Å². The SMILES string of the molecule is CN(C(=O)COc1ccccc1O)C1CCCCC1O. The maximum Gasteiger partial charge on any atom is 0.260 e. The molecule has 0 radical (unpaired) electrons. The molecule has 1 fully saturated rings. The van der Waals surface area contributed by atoms with Gasteiger partial charge in [-0.25, -0.2) is 0 Å². The number of amides is 1. The Balaban J connectivity index is 1.89. The van der Waals surface area contributed by atoms with Crippen molar-refractivity contribution in [2.45, 2.75) is 37.8 Å². The van der Waals surface area contributed by atoms with E-state index in [4.69, 9.17) is 4.74 Å². The Morgan fingerprint density at radius 1 is 1.35 bits per heavy atom. The summed E-state index contributed by atoms with van der Waals surface area (Å²) in [6.45, 7) is -0.142. The lowest BCUT2D eigenvalue weighted by atomic mass is 9.91. The van der Waals surface area contributed by atoms with Crippen LogP contribution in [0.1, 0.15) is 25.7 Å². The molecular weight excluding hydrogens is 258 g/mol. The number of carbonyl (C=O) groups excluding carboxylic acids is 1. The van der Waals surface area contributed by atoms with E-state index in [-0.39, 0.29) is 24.3 Å². The lowest BCUT2D eigenvalue weighted by molar-refractivity contribution is -0.137. The third-order valence-corrected chi connectivity index (χ3v) is 3.80. The zero-order valence-corrected chi connectivity index (χ0v) is 11.7. The molecule has 0 bridgehead atoms. The molecule has 1 saturated carbocycles. The van der Waals surface area contributed by atoms with Crippen LogP contribution < -0.4 is 4.74 Å². The van der Waals surface area contributed by atoms with Gasteiger partial charge in [-0.3, -0.25) is 4.79 Å². The van der Waals surface area contributed by atoms with Crippen LogP contribution in [0, 0.1) is 0 Å². The maximum atomic E-state index is 12.1. The quantitative estimate of drug-likeness (QED) is 0.877. The Morgan fingerprint density at radius 3 is 2.75 bits per heavy atom. The molecule has 0 saturated heterocycles. The van der Waals surface area contributed by atoms with Gasteiger partial charge in [0.25, 0.3) is 5.91 Å². The first kappa shape index (κ1) is 14.7. The van der Waals surface area contributed by atoms with Crippen molar-refractivity contribution in [2.24, 2.45) is 0 Å². The number of aliphatic hydroxyl groups excluding tert-OH is 1. The number of carbonyl (C=O) groups is 1. The number of aromatic hydroxyl groups is 1. The summed E-state index contributed by atoms with van der Waals surface area (Å²) >= 11 is 0. The van der Waals surface area contributed by atoms with E-state index in [2.05, 4.69) is 0 Å². The normalized spacial score (nSPS) is 22.3. The largest absolute Gasteiger partial charge is 0.504 e. The summed E-state index contributed by atoms with van der Waals surface area (Å²) in [7, 11) is 1.69. The molecule has 20 heavy (non-hydrogen) atoms. The second kappa shape index (κ2) is 6.61. The van der Waals surface area contributed by atoms with Gasteiger partial charge in [-0.15, -0.1) is 0 Å². The summed E-state index contributed by atoms with van der Waals surface area (Å²) in [5.41, 5.74) is 0. The molecule has 1 aliphatic rings. The van der Waals surface area contributed by atoms with Crippen LogP contribution in [0.25, 0.3) is 0 Å². The molecule has 0 aromatic heterocycles. The third-order valence-electron chi connectivity index (χ3n) is 3.80. The van der Waals surface area contributed by atoms with Gasteiger partial charge in [-0.1, -0.05) is 25.0 Å². The first-order valence-corrected chi connectivity index (χ1v) is 6.94. The zero-order chi connectivity index (χ0) is 14.5. The molecule has 5 heteroatoms. The van der Waals surface area contributed by atoms with Crippen LogP contribution in [-0.2, 0) is 4.79 Å². The summed E-state index contributed by atoms with van der Waals surface area (Å²) in [5.74, 6) is 0.110.